The maximum absolute atomic E-state index is 9.24. The molecule has 0 amide bonds. The number of hydrogen-bond donors (Lipinski definition) is 1. The van der Waals surface area contributed by atoms with E-state index in [0.717, 1.165) is 24.5 Å². The van der Waals surface area contributed by atoms with E-state index in [0.29, 0.717) is 5.75 Å². The molecule has 0 aliphatic carbocycles. The molecule has 2 rings (SSSR count). The molecule has 2 aromatic rings. The standard InChI is InChI=1S/C19H24O3/c1-2-3-4-5-6-15-21-17-11-13-19(14-12-17)22-18-9-7-16(20)8-10-18/h7-14,20H,2-6,15H2,1H3. The molecule has 0 bridgehead atoms. The summed E-state index contributed by atoms with van der Waals surface area (Å²) < 4.78 is 11.4. The number of aromatic hydroxyl groups is 1. The second-order valence-electron chi connectivity index (χ2n) is 5.33. The van der Waals surface area contributed by atoms with Gasteiger partial charge in [-0.25, -0.2) is 0 Å². The molecule has 22 heavy (non-hydrogen) atoms. The van der Waals surface area contributed by atoms with E-state index in [1.165, 1.54) is 25.7 Å². The molecule has 0 heterocycles. The molecule has 3 nitrogen and oxygen atoms in total. The number of phenolic OH excluding ortho intramolecular Hbond substituents is 1. The van der Waals surface area contributed by atoms with Crippen molar-refractivity contribution >= 4 is 0 Å². The molecule has 0 saturated heterocycles. The molecule has 1 N–H and O–H groups in total. The van der Waals surface area contributed by atoms with Crippen molar-refractivity contribution in [2.24, 2.45) is 0 Å². The number of rotatable bonds is 9. The molecule has 0 radical (unpaired) electrons. The lowest BCUT2D eigenvalue weighted by atomic mass is 10.2. The second-order valence-corrected chi connectivity index (χ2v) is 5.33. The van der Waals surface area contributed by atoms with E-state index in [2.05, 4.69) is 6.92 Å². The maximum atomic E-state index is 9.24. The number of benzene rings is 2. The van der Waals surface area contributed by atoms with Crippen LogP contribution in [0.25, 0.3) is 0 Å². The number of phenols is 1. The van der Waals surface area contributed by atoms with E-state index in [-0.39, 0.29) is 5.75 Å². The fraction of sp³-hybridized carbons (Fsp3) is 0.368. The zero-order valence-corrected chi connectivity index (χ0v) is 13.1. The first-order valence-electron chi connectivity index (χ1n) is 7.97. The van der Waals surface area contributed by atoms with Gasteiger partial charge in [0.1, 0.15) is 23.0 Å². The van der Waals surface area contributed by atoms with Crippen molar-refractivity contribution in [3.05, 3.63) is 48.5 Å². The van der Waals surface area contributed by atoms with Crippen molar-refractivity contribution in [3.63, 3.8) is 0 Å². The third-order valence-electron chi connectivity index (χ3n) is 3.41. The van der Waals surface area contributed by atoms with Gasteiger partial charge in [-0.2, -0.15) is 0 Å². The highest BCUT2D eigenvalue weighted by molar-refractivity contribution is 5.37. The van der Waals surface area contributed by atoms with Gasteiger partial charge in [0.15, 0.2) is 0 Å². The van der Waals surface area contributed by atoms with Crippen molar-refractivity contribution in [3.8, 4) is 23.0 Å². The summed E-state index contributed by atoms with van der Waals surface area (Å²) >= 11 is 0. The number of unbranched alkanes of at least 4 members (excludes halogenated alkanes) is 4. The normalized spacial score (nSPS) is 10.4. The van der Waals surface area contributed by atoms with E-state index < -0.39 is 0 Å². The van der Waals surface area contributed by atoms with Gasteiger partial charge in [-0.15, -0.1) is 0 Å². The fourth-order valence-corrected chi connectivity index (χ4v) is 2.15. The predicted molar refractivity (Wildman–Crippen MR) is 88.9 cm³/mol. The first-order valence-corrected chi connectivity index (χ1v) is 7.97. The van der Waals surface area contributed by atoms with E-state index in [4.69, 9.17) is 9.47 Å². The van der Waals surface area contributed by atoms with Crippen molar-refractivity contribution in [2.45, 2.75) is 39.0 Å². The van der Waals surface area contributed by atoms with Gasteiger partial charge < -0.3 is 14.6 Å². The van der Waals surface area contributed by atoms with Gasteiger partial charge in [0.2, 0.25) is 0 Å². The lowest BCUT2D eigenvalue weighted by molar-refractivity contribution is 0.304. The topological polar surface area (TPSA) is 38.7 Å². The Labute approximate surface area is 132 Å². The summed E-state index contributed by atoms with van der Waals surface area (Å²) in [5.74, 6) is 2.55. The van der Waals surface area contributed by atoms with Gasteiger partial charge >= 0.3 is 0 Å². The van der Waals surface area contributed by atoms with Crippen molar-refractivity contribution < 1.29 is 14.6 Å². The molecule has 0 atom stereocenters. The molecule has 0 unspecified atom stereocenters. The third kappa shape index (κ3) is 5.68. The summed E-state index contributed by atoms with van der Waals surface area (Å²) in [6.07, 6.45) is 6.20. The lowest BCUT2D eigenvalue weighted by Crippen LogP contribution is -1.97. The highest BCUT2D eigenvalue weighted by atomic mass is 16.5. The minimum Gasteiger partial charge on any atom is -0.508 e. The average Bonchev–Trinajstić information content (AvgIpc) is 2.54. The number of ether oxygens (including phenoxy) is 2. The summed E-state index contributed by atoms with van der Waals surface area (Å²) in [5, 5.41) is 9.24. The SMILES string of the molecule is CCCCCCCOc1ccc(Oc2ccc(O)cc2)cc1. The maximum Gasteiger partial charge on any atom is 0.127 e. The molecule has 0 fully saturated rings. The van der Waals surface area contributed by atoms with Gasteiger partial charge in [0.25, 0.3) is 0 Å². The average molecular weight is 300 g/mol. The molecular weight excluding hydrogens is 276 g/mol. The van der Waals surface area contributed by atoms with Crippen LogP contribution < -0.4 is 9.47 Å². The van der Waals surface area contributed by atoms with Gasteiger partial charge in [0.05, 0.1) is 6.61 Å². The van der Waals surface area contributed by atoms with Crippen LogP contribution in [0.2, 0.25) is 0 Å². The van der Waals surface area contributed by atoms with Gasteiger partial charge in [-0.1, -0.05) is 32.6 Å². The number of hydrogen-bond acceptors (Lipinski definition) is 3. The quantitative estimate of drug-likeness (QED) is 0.618. The molecule has 2 aromatic carbocycles. The van der Waals surface area contributed by atoms with Crippen molar-refractivity contribution in [1.29, 1.82) is 0 Å². The largest absolute Gasteiger partial charge is 0.508 e. The fourth-order valence-electron chi connectivity index (χ4n) is 2.15. The van der Waals surface area contributed by atoms with E-state index in [9.17, 15) is 5.11 Å². The summed E-state index contributed by atoms with van der Waals surface area (Å²) in [5.41, 5.74) is 0. The Morgan fingerprint density at radius 3 is 1.91 bits per heavy atom. The van der Waals surface area contributed by atoms with Crippen LogP contribution in [0.4, 0.5) is 0 Å². The highest BCUT2D eigenvalue weighted by Crippen LogP contribution is 2.25. The molecule has 0 aliphatic heterocycles. The molecule has 118 valence electrons. The van der Waals surface area contributed by atoms with Crippen LogP contribution in [-0.4, -0.2) is 11.7 Å². The molecule has 3 heteroatoms. The second kappa shape index (κ2) is 8.98. The van der Waals surface area contributed by atoms with Crippen LogP contribution in [0.5, 0.6) is 23.0 Å². The van der Waals surface area contributed by atoms with Crippen LogP contribution >= 0.6 is 0 Å². The zero-order chi connectivity index (χ0) is 15.6. The summed E-state index contributed by atoms with van der Waals surface area (Å²) in [7, 11) is 0. The summed E-state index contributed by atoms with van der Waals surface area (Å²) in [4.78, 5) is 0. The predicted octanol–water partition coefficient (Wildman–Crippen LogP) is 5.53. The summed E-state index contributed by atoms with van der Waals surface area (Å²) in [6, 6.07) is 14.3. The van der Waals surface area contributed by atoms with Crippen LogP contribution in [-0.2, 0) is 0 Å². The zero-order valence-electron chi connectivity index (χ0n) is 13.1. The van der Waals surface area contributed by atoms with Gasteiger partial charge in [-0.05, 0) is 55.0 Å². The molecule has 0 aromatic heterocycles. The Balaban J connectivity index is 1.74. The van der Waals surface area contributed by atoms with Gasteiger partial charge in [-0.3, -0.25) is 0 Å². The first kappa shape index (κ1) is 16.2. The minimum atomic E-state index is 0.232. The lowest BCUT2D eigenvalue weighted by Gasteiger charge is -2.08. The molecular formula is C19H24O3. The van der Waals surface area contributed by atoms with Gasteiger partial charge in [0, 0.05) is 0 Å². The third-order valence-corrected chi connectivity index (χ3v) is 3.41. The highest BCUT2D eigenvalue weighted by Gasteiger charge is 1.99. The van der Waals surface area contributed by atoms with Crippen molar-refractivity contribution in [2.75, 3.05) is 6.61 Å². The Morgan fingerprint density at radius 2 is 1.27 bits per heavy atom. The Hall–Kier alpha value is -2.16. The van der Waals surface area contributed by atoms with Crippen LogP contribution in [0.3, 0.4) is 0 Å². The monoisotopic (exact) mass is 300 g/mol. The van der Waals surface area contributed by atoms with E-state index >= 15 is 0 Å². The molecule has 0 aliphatic rings. The summed E-state index contributed by atoms with van der Waals surface area (Å²) in [6.45, 7) is 2.99. The molecule has 0 spiro atoms. The van der Waals surface area contributed by atoms with Crippen molar-refractivity contribution in [1.82, 2.24) is 0 Å². The van der Waals surface area contributed by atoms with Crippen LogP contribution in [0, 0.1) is 0 Å². The minimum absolute atomic E-state index is 0.232. The Kier molecular flexibility index (Phi) is 6.62. The Morgan fingerprint density at radius 1 is 0.727 bits per heavy atom. The Bertz CT molecular complexity index is 532. The van der Waals surface area contributed by atoms with Crippen LogP contribution in [0.1, 0.15) is 39.0 Å². The molecule has 0 saturated carbocycles. The first-order chi connectivity index (χ1) is 10.8. The smallest absolute Gasteiger partial charge is 0.127 e. The van der Waals surface area contributed by atoms with E-state index in [1.807, 2.05) is 24.3 Å². The van der Waals surface area contributed by atoms with E-state index in [1.54, 1.807) is 24.3 Å². The van der Waals surface area contributed by atoms with Crippen LogP contribution in [0.15, 0.2) is 48.5 Å².